The molecule has 1 N–H and O–H groups in total. The van der Waals surface area contributed by atoms with Crippen LogP contribution in [0.2, 0.25) is 6.32 Å². The number of tetrazole rings is 1. The molecule has 8 heteroatoms. The molecular weight excluding hydrogens is 437 g/mol. The van der Waals surface area contributed by atoms with Gasteiger partial charge in [0.1, 0.15) is 0 Å². The Morgan fingerprint density at radius 1 is 0.914 bits per heavy atom. The number of aromatic nitrogens is 4. The van der Waals surface area contributed by atoms with Crippen LogP contribution in [0.4, 0.5) is 0 Å². The van der Waals surface area contributed by atoms with E-state index < -0.39 is 0 Å². The lowest BCUT2D eigenvalue weighted by molar-refractivity contribution is 0.00578. The molecule has 4 rings (SSSR count). The van der Waals surface area contributed by atoms with Crippen molar-refractivity contribution in [2.75, 3.05) is 0 Å². The van der Waals surface area contributed by atoms with Crippen LogP contribution >= 0.6 is 0 Å². The fourth-order valence-electron chi connectivity index (χ4n) is 4.34. The maximum Gasteiger partial charge on any atom is 0.457 e. The van der Waals surface area contributed by atoms with Gasteiger partial charge in [0.05, 0.1) is 23.8 Å². The molecule has 35 heavy (non-hydrogen) atoms. The van der Waals surface area contributed by atoms with E-state index in [2.05, 4.69) is 91.9 Å². The Hall–Kier alpha value is -2.55. The van der Waals surface area contributed by atoms with Gasteiger partial charge >= 0.3 is 7.12 Å². The van der Waals surface area contributed by atoms with Crippen molar-refractivity contribution in [2.24, 2.45) is 0 Å². The molecule has 0 saturated carbocycles. The largest absolute Gasteiger partial charge is 0.457 e. The van der Waals surface area contributed by atoms with Crippen LogP contribution in [0.3, 0.4) is 0 Å². The molecule has 0 radical (unpaired) electrons. The van der Waals surface area contributed by atoms with E-state index >= 15 is 0 Å². The zero-order valence-electron chi connectivity index (χ0n) is 21.7. The summed E-state index contributed by atoms with van der Waals surface area (Å²) in [6, 6.07) is 19.0. The number of rotatable bonds is 11. The minimum atomic E-state index is -0.282. The summed E-state index contributed by atoms with van der Waals surface area (Å²) in [4.78, 5) is 0. The van der Waals surface area contributed by atoms with Gasteiger partial charge in [-0.15, -0.1) is 5.10 Å². The summed E-state index contributed by atoms with van der Waals surface area (Å²) in [7, 11) is -0.151. The Morgan fingerprint density at radius 2 is 1.60 bits per heavy atom. The lowest BCUT2D eigenvalue weighted by Gasteiger charge is -2.32. The first-order chi connectivity index (χ1) is 16.7. The van der Waals surface area contributed by atoms with E-state index in [1.807, 2.05) is 22.9 Å². The third kappa shape index (κ3) is 6.57. The van der Waals surface area contributed by atoms with Crippen LogP contribution in [0.25, 0.3) is 0 Å². The quantitative estimate of drug-likeness (QED) is 0.306. The first-order valence-electron chi connectivity index (χ1n) is 12.7. The molecule has 0 amide bonds. The van der Waals surface area contributed by atoms with Gasteiger partial charge in [0, 0.05) is 6.54 Å². The lowest BCUT2D eigenvalue weighted by atomic mass is 9.82. The molecule has 1 aliphatic rings. The fraction of sp³-hybridized carbons (Fsp3) is 0.519. The van der Waals surface area contributed by atoms with Crippen molar-refractivity contribution >= 4 is 7.12 Å². The van der Waals surface area contributed by atoms with Crippen molar-refractivity contribution in [3.8, 4) is 0 Å². The zero-order valence-corrected chi connectivity index (χ0v) is 21.7. The second kappa shape index (κ2) is 11.0. The molecule has 1 aromatic heterocycles. The summed E-state index contributed by atoms with van der Waals surface area (Å²) < 4.78 is 14.3. The first kappa shape index (κ1) is 25.5. The van der Waals surface area contributed by atoms with Crippen LogP contribution < -0.4 is 5.32 Å². The molecule has 1 unspecified atom stereocenters. The maximum atomic E-state index is 6.17. The van der Waals surface area contributed by atoms with E-state index in [-0.39, 0.29) is 24.4 Å². The van der Waals surface area contributed by atoms with E-state index in [1.54, 1.807) is 0 Å². The van der Waals surface area contributed by atoms with Crippen LogP contribution in [0.15, 0.2) is 54.6 Å². The van der Waals surface area contributed by atoms with Crippen molar-refractivity contribution in [3.05, 3.63) is 77.1 Å². The number of nitrogens with one attached hydrogen (secondary N) is 1. The van der Waals surface area contributed by atoms with E-state index in [4.69, 9.17) is 9.31 Å². The van der Waals surface area contributed by atoms with Gasteiger partial charge in [0.2, 0.25) is 0 Å². The summed E-state index contributed by atoms with van der Waals surface area (Å²) in [6.45, 7) is 11.9. The van der Waals surface area contributed by atoms with E-state index in [1.165, 1.54) is 16.7 Å². The van der Waals surface area contributed by atoms with Crippen LogP contribution in [0.1, 0.15) is 75.5 Å². The minimum absolute atomic E-state index is 0.0494. The first-order valence-corrected chi connectivity index (χ1v) is 12.7. The number of unbranched alkanes of at least 4 members (excludes halogenated alkanes) is 1. The number of hydrogen-bond donors (Lipinski definition) is 1. The third-order valence-corrected chi connectivity index (χ3v) is 7.20. The van der Waals surface area contributed by atoms with Crippen LogP contribution in [-0.2, 0) is 22.4 Å². The number of aryl methyl sites for hydroxylation is 1. The second-order valence-electron chi connectivity index (χ2n) is 10.6. The smallest absolute Gasteiger partial charge is 0.403 e. The van der Waals surface area contributed by atoms with Gasteiger partial charge in [-0.05, 0) is 68.9 Å². The molecule has 1 saturated heterocycles. The predicted octanol–water partition coefficient (Wildman–Crippen LogP) is 5.12. The average molecular weight is 475 g/mol. The highest BCUT2D eigenvalue weighted by Crippen LogP contribution is 2.38. The van der Waals surface area contributed by atoms with Crippen LogP contribution in [0, 0.1) is 6.92 Å². The molecule has 7 nitrogen and oxygen atoms in total. The van der Waals surface area contributed by atoms with Crippen molar-refractivity contribution < 1.29 is 9.31 Å². The second-order valence-corrected chi connectivity index (χ2v) is 10.6. The normalized spacial score (nSPS) is 17.6. The molecule has 3 aromatic rings. The SMILES string of the molecule is Cc1ccc(CNC(CCCCB2OC(C)(C)C(C)(C)O2)c2nnnn2Cc2ccccc2)cc1. The Morgan fingerprint density at radius 3 is 2.29 bits per heavy atom. The minimum Gasteiger partial charge on any atom is -0.403 e. The molecule has 2 aromatic carbocycles. The molecular formula is C27H38BN5O2. The zero-order chi connectivity index (χ0) is 24.9. The summed E-state index contributed by atoms with van der Waals surface area (Å²) in [5.41, 5.74) is 3.13. The topological polar surface area (TPSA) is 74.1 Å². The molecule has 0 spiro atoms. The van der Waals surface area contributed by atoms with Crippen molar-refractivity contribution in [3.63, 3.8) is 0 Å². The Kier molecular flexibility index (Phi) is 8.04. The van der Waals surface area contributed by atoms with Crippen molar-refractivity contribution in [1.29, 1.82) is 0 Å². The number of hydrogen-bond acceptors (Lipinski definition) is 6. The number of nitrogens with zero attached hydrogens (tertiary/aromatic N) is 4. The Bertz CT molecular complexity index is 1050. The average Bonchev–Trinajstić information content (AvgIpc) is 3.35. The molecule has 1 fully saturated rings. The van der Waals surface area contributed by atoms with Crippen LogP contribution in [-0.4, -0.2) is 38.5 Å². The monoisotopic (exact) mass is 475 g/mol. The Labute approximate surface area is 209 Å². The van der Waals surface area contributed by atoms with Gasteiger partial charge in [-0.1, -0.05) is 73.0 Å². The van der Waals surface area contributed by atoms with Gasteiger partial charge in [-0.3, -0.25) is 0 Å². The third-order valence-electron chi connectivity index (χ3n) is 7.20. The molecule has 0 bridgehead atoms. The standard InChI is InChI=1S/C27H38BN5O2/c1-21-14-16-22(17-15-21)19-29-24(13-9-10-18-28-34-26(2,3)27(4,5)35-28)25-30-31-32-33(25)20-23-11-7-6-8-12-23/h6-8,11-12,14-17,24,29H,9-10,13,18-20H2,1-5H3. The fourth-order valence-corrected chi connectivity index (χ4v) is 4.34. The van der Waals surface area contributed by atoms with E-state index in [0.29, 0.717) is 6.54 Å². The van der Waals surface area contributed by atoms with Gasteiger partial charge < -0.3 is 14.6 Å². The van der Waals surface area contributed by atoms with Crippen LogP contribution in [0.5, 0.6) is 0 Å². The van der Waals surface area contributed by atoms with Gasteiger partial charge in [0.25, 0.3) is 0 Å². The summed E-state index contributed by atoms with van der Waals surface area (Å²) in [5.74, 6) is 0.872. The maximum absolute atomic E-state index is 6.17. The molecule has 0 aliphatic carbocycles. The van der Waals surface area contributed by atoms with Gasteiger partial charge in [-0.25, -0.2) is 4.68 Å². The summed E-state index contributed by atoms with van der Waals surface area (Å²) >= 11 is 0. The molecule has 1 atom stereocenters. The van der Waals surface area contributed by atoms with Crippen molar-refractivity contribution in [1.82, 2.24) is 25.5 Å². The highest BCUT2D eigenvalue weighted by Gasteiger charge is 2.50. The van der Waals surface area contributed by atoms with Gasteiger partial charge in [-0.2, -0.15) is 0 Å². The van der Waals surface area contributed by atoms with E-state index in [9.17, 15) is 0 Å². The van der Waals surface area contributed by atoms with Gasteiger partial charge in [0.15, 0.2) is 5.82 Å². The highest BCUT2D eigenvalue weighted by molar-refractivity contribution is 6.45. The number of benzene rings is 2. The summed E-state index contributed by atoms with van der Waals surface area (Å²) in [5, 5.41) is 16.4. The summed E-state index contributed by atoms with van der Waals surface area (Å²) in [6.07, 6.45) is 3.85. The lowest BCUT2D eigenvalue weighted by Crippen LogP contribution is -2.41. The molecule has 2 heterocycles. The molecule has 1 aliphatic heterocycles. The highest BCUT2D eigenvalue weighted by atomic mass is 16.7. The predicted molar refractivity (Wildman–Crippen MR) is 139 cm³/mol. The van der Waals surface area contributed by atoms with E-state index in [0.717, 1.165) is 38.0 Å². The van der Waals surface area contributed by atoms with Crippen molar-refractivity contribution in [2.45, 2.75) is 90.5 Å². The Balaban J connectivity index is 1.39. The molecule has 186 valence electrons.